The molecule has 0 radical (unpaired) electrons. The van der Waals surface area contributed by atoms with Gasteiger partial charge in [-0.15, -0.1) is 12.4 Å². The molecule has 0 atom stereocenters. The maximum absolute atomic E-state index is 13.0. The fraction of sp³-hybridized carbons (Fsp3) is 0.333. The Morgan fingerprint density at radius 2 is 1.79 bits per heavy atom. The molecule has 3 rings (SSSR count). The maximum atomic E-state index is 13.0. The molecule has 28 heavy (non-hydrogen) atoms. The van der Waals surface area contributed by atoms with E-state index in [0.29, 0.717) is 44.0 Å². The lowest BCUT2D eigenvalue weighted by molar-refractivity contribution is -0.385. The van der Waals surface area contributed by atoms with E-state index in [0.717, 1.165) is 11.6 Å². The molecule has 10 heteroatoms. The second kappa shape index (κ2) is 8.87. The monoisotopic (exact) mass is 426 g/mol. The van der Waals surface area contributed by atoms with Gasteiger partial charge in [0.25, 0.3) is 5.69 Å². The lowest BCUT2D eigenvalue weighted by atomic mass is 10.2. The van der Waals surface area contributed by atoms with Gasteiger partial charge < -0.3 is 5.73 Å². The minimum absolute atomic E-state index is 0. The third-order valence-electron chi connectivity index (χ3n) is 4.69. The molecule has 1 saturated heterocycles. The number of rotatable bonds is 5. The van der Waals surface area contributed by atoms with Crippen molar-refractivity contribution in [2.24, 2.45) is 0 Å². The zero-order chi connectivity index (χ0) is 19.6. The first-order valence-electron chi connectivity index (χ1n) is 8.59. The number of benzene rings is 2. The van der Waals surface area contributed by atoms with Gasteiger partial charge in [0.05, 0.1) is 9.82 Å². The number of halogens is 1. The van der Waals surface area contributed by atoms with Crippen LogP contribution in [0.1, 0.15) is 11.1 Å². The standard InChI is InChI=1S/C18H22N4O4S.ClH/c1-14-5-6-17(22(23)24)12-18(14)27(25,26)21-9-7-20(8-10-21)13-15-3-2-4-16(19)11-15;/h2-6,11-12H,7-10,13,19H2,1H3;1H. The normalized spacial score (nSPS) is 15.8. The van der Waals surface area contributed by atoms with Gasteiger partial charge in [-0.1, -0.05) is 18.2 Å². The van der Waals surface area contributed by atoms with E-state index < -0.39 is 14.9 Å². The number of hydrogen-bond acceptors (Lipinski definition) is 6. The molecule has 2 N–H and O–H groups in total. The number of aryl methyl sites for hydroxylation is 1. The van der Waals surface area contributed by atoms with Gasteiger partial charge in [0.2, 0.25) is 10.0 Å². The summed E-state index contributed by atoms with van der Waals surface area (Å²) in [5.41, 5.74) is 7.87. The van der Waals surface area contributed by atoms with Crippen molar-refractivity contribution in [1.29, 1.82) is 0 Å². The summed E-state index contributed by atoms with van der Waals surface area (Å²) in [6.07, 6.45) is 0. The second-order valence-corrected chi connectivity index (χ2v) is 8.54. The number of nitrogen functional groups attached to an aromatic ring is 1. The van der Waals surface area contributed by atoms with Crippen LogP contribution in [0.5, 0.6) is 0 Å². The van der Waals surface area contributed by atoms with Crippen LogP contribution in [0.15, 0.2) is 47.4 Å². The molecule has 1 aliphatic heterocycles. The number of anilines is 1. The average molecular weight is 427 g/mol. The van der Waals surface area contributed by atoms with E-state index in [1.807, 2.05) is 24.3 Å². The lowest BCUT2D eigenvalue weighted by Gasteiger charge is -2.34. The topological polar surface area (TPSA) is 110 Å². The third kappa shape index (κ3) is 4.79. The summed E-state index contributed by atoms with van der Waals surface area (Å²) in [5.74, 6) is 0. The van der Waals surface area contributed by atoms with Gasteiger partial charge in [-0.3, -0.25) is 15.0 Å². The Labute approximate surface area is 170 Å². The Morgan fingerprint density at radius 3 is 2.39 bits per heavy atom. The largest absolute Gasteiger partial charge is 0.399 e. The molecule has 0 unspecified atom stereocenters. The number of sulfonamides is 1. The van der Waals surface area contributed by atoms with E-state index in [4.69, 9.17) is 5.73 Å². The molecule has 0 saturated carbocycles. The number of nitrogens with zero attached hydrogens (tertiary/aromatic N) is 3. The van der Waals surface area contributed by atoms with E-state index in [2.05, 4.69) is 4.90 Å². The summed E-state index contributed by atoms with van der Waals surface area (Å²) in [5, 5.41) is 11.0. The molecule has 1 heterocycles. The van der Waals surface area contributed by atoms with Gasteiger partial charge in [-0.25, -0.2) is 8.42 Å². The number of hydrogen-bond donors (Lipinski definition) is 1. The SMILES string of the molecule is Cc1ccc([N+](=O)[O-])cc1S(=O)(=O)N1CCN(Cc2cccc(N)c2)CC1.Cl. The number of nitrogens with two attached hydrogens (primary N) is 1. The highest BCUT2D eigenvalue weighted by atomic mass is 35.5. The van der Waals surface area contributed by atoms with Gasteiger partial charge >= 0.3 is 0 Å². The highest BCUT2D eigenvalue weighted by Gasteiger charge is 2.30. The van der Waals surface area contributed by atoms with Gasteiger partial charge in [0.1, 0.15) is 0 Å². The fourth-order valence-electron chi connectivity index (χ4n) is 3.20. The zero-order valence-electron chi connectivity index (χ0n) is 15.4. The molecular weight excluding hydrogens is 404 g/mol. The lowest BCUT2D eigenvalue weighted by Crippen LogP contribution is -2.48. The van der Waals surface area contributed by atoms with Crippen molar-refractivity contribution in [3.05, 3.63) is 63.7 Å². The van der Waals surface area contributed by atoms with Crippen molar-refractivity contribution in [2.75, 3.05) is 31.9 Å². The minimum Gasteiger partial charge on any atom is -0.399 e. The molecule has 0 aliphatic carbocycles. The average Bonchev–Trinajstić information content (AvgIpc) is 2.62. The second-order valence-electron chi connectivity index (χ2n) is 6.63. The summed E-state index contributed by atoms with van der Waals surface area (Å²) in [4.78, 5) is 12.6. The van der Waals surface area contributed by atoms with Crippen LogP contribution < -0.4 is 5.73 Å². The van der Waals surface area contributed by atoms with Gasteiger partial charge in [-0.05, 0) is 30.2 Å². The highest BCUT2D eigenvalue weighted by molar-refractivity contribution is 7.89. The molecule has 0 aromatic heterocycles. The van der Waals surface area contributed by atoms with Crippen LogP contribution in [0.25, 0.3) is 0 Å². The maximum Gasteiger partial charge on any atom is 0.270 e. The number of piperazine rings is 1. The van der Waals surface area contributed by atoms with E-state index >= 15 is 0 Å². The predicted octanol–water partition coefficient (Wildman–Crippen LogP) is 2.41. The molecular formula is C18H23ClN4O4S. The summed E-state index contributed by atoms with van der Waals surface area (Å²) in [6, 6.07) is 11.6. The van der Waals surface area contributed by atoms with Crippen LogP contribution in [0, 0.1) is 17.0 Å². The van der Waals surface area contributed by atoms with Gasteiger partial charge in [0, 0.05) is 50.5 Å². The van der Waals surface area contributed by atoms with Gasteiger partial charge in [0.15, 0.2) is 0 Å². The van der Waals surface area contributed by atoms with Crippen molar-refractivity contribution in [1.82, 2.24) is 9.21 Å². The van der Waals surface area contributed by atoms with Crippen molar-refractivity contribution in [2.45, 2.75) is 18.4 Å². The molecule has 0 spiro atoms. The first kappa shape index (κ1) is 22.1. The quantitative estimate of drug-likeness (QED) is 0.446. The van der Waals surface area contributed by atoms with Crippen molar-refractivity contribution >= 4 is 33.8 Å². The Bertz CT molecular complexity index is 960. The predicted molar refractivity (Wildman–Crippen MR) is 110 cm³/mol. The Balaban J connectivity index is 0.00000280. The Morgan fingerprint density at radius 1 is 1.11 bits per heavy atom. The number of nitro benzene ring substituents is 1. The van der Waals surface area contributed by atoms with Gasteiger partial charge in [-0.2, -0.15) is 4.31 Å². The van der Waals surface area contributed by atoms with Crippen LogP contribution in [0.4, 0.5) is 11.4 Å². The van der Waals surface area contributed by atoms with Crippen LogP contribution in [0.2, 0.25) is 0 Å². The van der Waals surface area contributed by atoms with E-state index in [1.54, 1.807) is 6.92 Å². The zero-order valence-corrected chi connectivity index (χ0v) is 17.1. The molecule has 8 nitrogen and oxygen atoms in total. The summed E-state index contributed by atoms with van der Waals surface area (Å²) >= 11 is 0. The molecule has 152 valence electrons. The van der Waals surface area contributed by atoms with E-state index in [9.17, 15) is 18.5 Å². The fourth-order valence-corrected chi connectivity index (χ4v) is 4.86. The van der Waals surface area contributed by atoms with Crippen LogP contribution in [0.3, 0.4) is 0 Å². The summed E-state index contributed by atoms with van der Waals surface area (Å²) < 4.78 is 27.3. The molecule has 2 aromatic rings. The summed E-state index contributed by atoms with van der Waals surface area (Å²) in [7, 11) is -3.77. The molecule has 1 fully saturated rings. The van der Waals surface area contributed by atoms with Crippen molar-refractivity contribution < 1.29 is 13.3 Å². The molecule has 1 aliphatic rings. The Hall–Kier alpha value is -2.20. The van der Waals surface area contributed by atoms with Crippen LogP contribution in [-0.4, -0.2) is 48.7 Å². The Kier molecular flexibility index (Phi) is 7.00. The van der Waals surface area contributed by atoms with Crippen molar-refractivity contribution in [3.63, 3.8) is 0 Å². The summed E-state index contributed by atoms with van der Waals surface area (Å²) in [6.45, 7) is 4.20. The molecule has 0 amide bonds. The van der Waals surface area contributed by atoms with E-state index in [1.165, 1.54) is 16.4 Å². The first-order valence-corrected chi connectivity index (χ1v) is 10.0. The highest BCUT2D eigenvalue weighted by Crippen LogP contribution is 2.25. The number of nitro groups is 1. The van der Waals surface area contributed by atoms with Crippen LogP contribution >= 0.6 is 12.4 Å². The smallest absolute Gasteiger partial charge is 0.270 e. The van der Waals surface area contributed by atoms with Crippen LogP contribution in [-0.2, 0) is 16.6 Å². The van der Waals surface area contributed by atoms with E-state index in [-0.39, 0.29) is 23.0 Å². The molecule has 0 bridgehead atoms. The van der Waals surface area contributed by atoms with Crippen molar-refractivity contribution in [3.8, 4) is 0 Å². The first-order chi connectivity index (χ1) is 12.8. The third-order valence-corrected chi connectivity index (χ3v) is 6.73. The molecule has 2 aromatic carbocycles. The minimum atomic E-state index is -3.77. The number of non-ortho nitro benzene ring substituents is 1.